The quantitative estimate of drug-likeness (QED) is 0.449. The van der Waals surface area contributed by atoms with Gasteiger partial charge in [-0.3, -0.25) is 5.43 Å². The Morgan fingerprint density at radius 3 is 2.19 bits per heavy atom. The monoisotopic (exact) mass is 486 g/mol. The van der Waals surface area contributed by atoms with Gasteiger partial charge >= 0.3 is 0 Å². The van der Waals surface area contributed by atoms with Gasteiger partial charge in [0.25, 0.3) is 0 Å². The molecule has 2 N–H and O–H groups in total. The first kappa shape index (κ1) is 21.9. The van der Waals surface area contributed by atoms with E-state index in [2.05, 4.69) is 36.3 Å². The molecule has 0 bridgehead atoms. The number of rotatable bonds is 5. The maximum absolute atomic E-state index is 10.0. The number of phenolic OH excluding ortho intramolecular Hbond substituents is 1. The molecule has 8 heteroatoms. The van der Waals surface area contributed by atoms with Crippen LogP contribution in [0.1, 0.15) is 56.9 Å². The summed E-state index contributed by atoms with van der Waals surface area (Å²) in [6.07, 6.45) is 11.5. The van der Waals surface area contributed by atoms with Gasteiger partial charge in [-0.1, -0.05) is 41.6 Å². The summed E-state index contributed by atoms with van der Waals surface area (Å²) in [6.45, 7) is 4.06. The molecule has 2 aliphatic heterocycles. The van der Waals surface area contributed by atoms with E-state index in [1.54, 1.807) is 18.3 Å². The Morgan fingerprint density at radius 2 is 1.52 bits per heavy atom. The molecule has 2 aromatic rings. The zero-order valence-electron chi connectivity index (χ0n) is 17.9. The van der Waals surface area contributed by atoms with E-state index in [1.807, 2.05) is 12.1 Å². The minimum Gasteiger partial charge on any atom is -0.507 e. The SMILES string of the molecule is Oc1ccc(Br)cc1/C=N/Nc1cc(N2CCCCCC2)nc(N2CCCCCC2)n1. The number of anilines is 3. The highest BCUT2D eigenvalue weighted by Gasteiger charge is 2.18. The van der Waals surface area contributed by atoms with E-state index in [0.29, 0.717) is 11.4 Å². The molecule has 1 aromatic heterocycles. The molecule has 166 valence electrons. The predicted molar refractivity (Wildman–Crippen MR) is 130 cm³/mol. The fourth-order valence-corrected chi connectivity index (χ4v) is 4.53. The lowest BCUT2D eigenvalue weighted by atomic mass is 10.2. The Hall–Kier alpha value is -2.35. The van der Waals surface area contributed by atoms with Crippen molar-refractivity contribution in [2.24, 2.45) is 5.10 Å². The van der Waals surface area contributed by atoms with E-state index < -0.39 is 0 Å². The molecule has 1 aromatic carbocycles. The fourth-order valence-electron chi connectivity index (χ4n) is 4.15. The van der Waals surface area contributed by atoms with Crippen molar-refractivity contribution in [1.82, 2.24) is 9.97 Å². The van der Waals surface area contributed by atoms with Crippen molar-refractivity contribution in [3.05, 3.63) is 34.3 Å². The van der Waals surface area contributed by atoms with Gasteiger partial charge in [0.2, 0.25) is 5.95 Å². The fraction of sp³-hybridized carbons (Fsp3) is 0.522. The Bertz CT molecular complexity index is 851. The topological polar surface area (TPSA) is 76.9 Å². The van der Waals surface area contributed by atoms with Gasteiger partial charge in [-0.25, -0.2) is 0 Å². The summed E-state index contributed by atoms with van der Waals surface area (Å²) in [4.78, 5) is 14.4. The summed E-state index contributed by atoms with van der Waals surface area (Å²) in [6, 6.07) is 7.26. The molecule has 0 amide bonds. The van der Waals surface area contributed by atoms with Crippen LogP contribution >= 0.6 is 15.9 Å². The highest BCUT2D eigenvalue weighted by molar-refractivity contribution is 9.10. The number of benzene rings is 1. The van der Waals surface area contributed by atoms with Crippen molar-refractivity contribution in [3.63, 3.8) is 0 Å². The van der Waals surface area contributed by atoms with E-state index >= 15 is 0 Å². The van der Waals surface area contributed by atoms with Gasteiger partial charge in [-0.2, -0.15) is 15.1 Å². The second kappa shape index (κ2) is 10.8. The van der Waals surface area contributed by atoms with E-state index in [0.717, 1.165) is 42.4 Å². The average molecular weight is 487 g/mol. The number of hydrazone groups is 1. The summed E-state index contributed by atoms with van der Waals surface area (Å²) in [5, 5.41) is 14.4. The van der Waals surface area contributed by atoms with E-state index in [-0.39, 0.29) is 5.75 Å². The molecule has 4 rings (SSSR count). The molecular formula is C23H31BrN6O. The first-order chi connectivity index (χ1) is 15.2. The van der Waals surface area contributed by atoms with Crippen LogP contribution in [0.15, 0.2) is 33.8 Å². The lowest BCUT2D eigenvalue weighted by molar-refractivity contribution is 0.474. The molecular weight excluding hydrogens is 456 g/mol. The number of phenols is 1. The minimum absolute atomic E-state index is 0.187. The molecule has 0 saturated carbocycles. The molecule has 3 heterocycles. The minimum atomic E-state index is 0.187. The van der Waals surface area contributed by atoms with Gasteiger partial charge in [-0.05, 0) is 43.9 Å². The van der Waals surface area contributed by atoms with Crippen LogP contribution in [0.25, 0.3) is 0 Å². The smallest absolute Gasteiger partial charge is 0.229 e. The van der Waals surface area contributed by atoms with E-state index in [9.17, 15) is 5.11 Å². The molecule has 31 heavy (non-hydrogen) atoms. The van der Waals surface area contributed by atoms with Crippen LogP contribution in [0.2, 0.25) is 0 Å². The molecule has 0 aliphatic carbocycles. The highest BCUT2D eigenvalue weighted by atomic mass is 79.9. The highest BCUT2D eigenvalue weighted by Crippen LogP contribution is 2.25. The summed E-state index contributed by atoms with van der Waals surface area (Å²) in [5.41, 5.74) is 3.70. The number of aromatic nitrogens is 2. The van der Waals surface area contributed by atoms with E-state index in [4.69, 9.17) is 9.97 Å². The van der Waals surface area contributed by atoms with Crippen LogP contribution in [-0.2, 0) is 0 Å². The van der Waals surface area contributed by atoms with Crippen molar-refractivity contribution in [2.75, 3.05) is 41.4 Å². The number of halogens is 1. The van der Waals surface area contributed by atoms with Gasteiger partial charge in [-0.15, -0.1) is 0 Å². The molecule has 0 radical (unpaired) electrons. The van der Waals surface area contributed by atoms with Gasteiger partial charge < -0.3 is 14.9 Å². The third-order valence-corrected chi connectivity index (χ3v) is 6.39. The summed E-state index contributed by atoms with van der Waals surface area (Å²) in [7, 11) is 0. The number of aromatic hydroxyl groups is 1. The zero-order chi connectivity index (χ0) is 21.5. The summed E-state index contributed by atoms with van der Waals surface area (Å²) in [5.74, 6) is 2.62. The lowest BCUT2D eigenvalue weighted by Crippen LogP contribution is -2.29. The van der Waals surface area contributed by atoms with Crippen LogP contribution in [0, 0.1) is 0 Å². The van der Waals surface area contributed by atoms with Crippen molar-refractivity contribution >= 4 is 39.7 Å². The molecule has 2 saturated heterocycles. The van der Waals surface area contributed by atoms with Crippen molar-refractivity contribution in [3.8, 4) is 5.75 Å². The molecule has 2 aliphatic rings. The van der Waals surface area contributed by atoms with Gasteiger partial charge in [0.15, 0.2) is 5.82 Å². The molecule has 2 fully saturated rings. The second-order valence-electron chi connectivity index (χ2n) is 8.29. The standard InChI is InChI=1S/C23H31BrN6O/c24-19-9-10-20(31)18(15-19)17-25-28-21-16-22(29-11-5-1-2-6-12-29)27-23(26-21)30-13-7-3-4-8-14-30/h9-10,15-17,31H,1-8,11-14H2,(H,26,27,28)/b25-17+. The molecule has 7 nitrogen and oxygen atoms in total. The number of hydrogen-bond acceptors (Lipinski definition) is 7. The maximum Gasteiger partial charge on any atom is 0.229 e. The Balaban J connectivity index is 1.58. The number of hydrogen-bond donors (Lipinski definition) is 2. The van der Waals surface area contributed by atoms with Crippen molar-refractivity contribution in [1.29, 1.82) is 0 Å². The van der Waals surface area contributed by atoms with Gasteiger partial charge in [0.05, 0.1) is 6.21 Å². The maximum atomic E-state index is 10.0. The Morgan fingerprint density at radius 1 is 0.871 bits per heavy atom. The lowest BCUT2D eigenvalue weighted by Gasteiger charge is -2.25. The van der Waals surface area contributed by atoms with Crippen molar-refractivity contribution < 1.29 is 5.11 Å². The molecule has 0 spiro atoms. The van der Waals surface area contributed by atoms with E-state index in [1.165, 1.54) is 51.4 Å². The van der Waals surface area contributed by atoms with Crippen LogP contribution in [0.3, 0.4) is 0 Å². The first-order valence-electron chi connectivity index (χ1n) is 11.4. The zero-order valence-corrected chi connectivity index (χ0v) is 19.5. The second-order valence-corrected chi connectivity index (χ2v) is 9.20. The van der Waals surface area contributed by atoms with Crippen LogP contribution in [0.5, 0.6) is 5.75 Å². The predicted octanol–water partition coefficient (Wildman–Crippen LogP) is 5.15. The van der Waals surface area contributed by atoms with Crippen LogP contribution in [0.4, 0.5) is 17.6 Å². The van der Waals surface area contributed by atoms with Crippen LogP contribution < -0.4 is 15.2 Å². The average Bonchev–Trinajstić information content (AvgIpc) is 3.21. The Labute approximate surface area is 192 Å². The van der Waals surface area contributed by atoms with Gasteiger partial charge in [0.1, 0.15) is 11.6 Å². The summed E-state index contributed by atoms with van der Waals surface area (Å²) < 4.78 is 0.890. The first-order valence-corrected chi connectivity index (χ1v) is 12.1. The molecule has 0 unspecified atom stereocenters. The van der Waals surface area contributed by atoms with Crippen molar-refractivity contribution in [2.45, 2.75) is 51.4 Å². The Kier molecular flexibility index (Phi) is 7.61. The number of nitrogens with zero attached hydrogens (tertiary/aromatic N) is 5. The largest absolute Gasteiger partial charge is 0.507 e. The normalized spacial score (nSPS) is 18.1. The van der Waals surface area contributed by atoms with Crippen LogP contribution in [-0.4, -0.2) is 47.5 Å². The summed E-state index contributed by atoms with van der Waals surface area (Å²) >= 11 is 3.43. The third kappa shape index (κ3) is 6.09. The van der Waals surface area contributed by atoms with Gasteiger partial charge in [0, 0.05) is 42.3 Å². The number of nitrogens with one attached hydrogen (secondary N) is 1. The third-order valence-electron chi connectivity index (χ3n) is 5.89. The molecule has 0 atom stereocenters.